The molecule has 114 valence electrons. The molecule has 0 aliphatic heterocycles. The molecule has 1 heterocycles. The smallest absolute Gasteiger partial charge is 0.131 e. The molecule has 0 aliphatic rings. The van der Waals surface area contributed by atoms with Gasteiger partial charge in [-0.25, -0.2) is 4.39 Å². The highest BCUT2D eigenvalue weighted by Crippen LogP contribution is 2.25. The lowest BCUT2D eigenvalue weighted by Gasteiger charge is -2.19. The molecule has 1 aromatic heterocycles. The van der Waals surface area contributed by atoms with Gasteiger partial charge >= 0.3 is 0 Å². The van der Waals surface area contributed by atoms with Crippen molar-refractivity contribution in [1.29, 1.82) is 0 Å². The van der Waals surface area contributed by atoms with Crippen molar-refractivity contribution < 1.29 is 9.13 Å². The lowest BCUT2D eigenvalue weighted by Crippen LogP contribution is -2.22. The zero-order valence-corrected chi connectivity index (χ0v) is 12.8. The summed E-state index contributed by atoms with van der Waals surface area (Å²) in [6, 6.07) is 5.02. The van der Waals surface area contributed by atoms with E-state index in [4.69, 9.17) is 4.74 Å². The number of methoxy groups -OCH3 is 1. The van der Waals surface area contributed by atoms with E-state index in [-0.39, 0.29) is 11.9 Å². The Balaban J connectivity index is 2.10. The summed E-state index contributed by atoms with van der Waals surface area (Å²) in [5.41, 5.74) is 1.84. The molecule has 0 fully saturated rings. The standard InChI is InChI=1S/C16H22FN3O/c1-4-18-16(8-5-12-10-19-20(2)11-12)14-7-6-13(21-3)9-15(14)17/h6-7,9-11,16,18H,4-5,8H2,1-3H3. The maximum atomic E-state index is 14.2. The third-order valence-electron chi connectivity index (χ3n) is 3.51. The van der Waals surface area contributed by atoms with Crippen molar-refractivity contribution in [1.82, 2.24) is 15.1 Å². The highest BCUT2D eigenvalue weighted by atomic mass is 19.1. The SMILES string of the molecule is CCNC(CCc1cnn(C)c1)c1ccc(OC)cc1F. The number of hydrogen-bond donors (Lipinski definition) is 1. The van der Waals surface area contributed by atoms with Gasteiger partial charge in [-0.15, -0.1) is 0 Å². The molecular weight excluding hydrogens is 269 g/mol. The second-order valence-corrected chi connectivity index (χ2v) is 5.06. The van der Waals surface area contributed by atoms with Crippen molar-refractivity contribution in [2.24, 2.45) is 7.05 Å². The van der Waals surface area contributed by atoms with E-state index in [1.165, 1.54) is 6.07 Å². The van der Waals surface area contributed by atoms with Crippen LogP contribution in [0.1, 0.15) is 30.5 Å². The van der Waals surface area contributed by atoms with Gasteiger partial charge in [-0.1, -0.05) is 13.0 Å². The first-order valence-electron chi connectivity index (χ1n) is 7.18. The van der Waals surface area contributed by atoms with E-state index >= 15 is 0 Å². The highest BCUT2D eigenvalue weighted by Gasteiger charge is 2.16. The van der Waals surface area contributed by atoms with Crippen LogP contribution in [0, 0.1) is 5.82 Å². The average molecular weight is 291 g/mol. The molecule has 2 aromatic rings. The second-order valence-electron chi connectivity index (χ2n) is 5.06. The summed E-state index contributed by atoms with van der Waals surface area (Å²) in [5, 5.41) is 7.51. The Labute approximate surface area is 124 Å². The summed E-state index contributed by atoms with van der Waals surface area (Å²) in [6.07, 6.45) is 5.53. The Kier molecular flexibility index (Phi) is 5.33. The van der Waals surface area contributed by atoms with Crippen LogP contribution in [0.25, 0.3) is 0 Å². The number of hydrogen-bond acceptors (Lipinski definition) is 3. The fourth-order valence-electron chi connectivity index (χ4n) is 2.44. The van der Waals surface area contributed by atoms with E-state index < -0.39 is 0 Å². The van der Waals surface area contributed by atoms with E-state index in [1.807, 2.05) is 26.4 Å². The van der Waals surface area contributed by atoms with Crippen molar-refractivity contribution >= 4 is 0 Å². The molecule has 1 unspecified atom stereocenters. The molecule has 21 heavy (non-hydrogen) atoms. The maximum absolute atomic E-state index is 14.2. The lowest BCUT2D eigenvalue weighted by molar-refractivity contribution is 0.408. The van der Waals surface area contributed by atoms with E-state index in [0.717, 1.165) is 24.9 Å². The Morgan fingerprint density at radius 2 is 2.24 bits per heavy atom. The van der Waals surface area contributed by atoms with Crippen LogP contribution in [0.3, 0.4) is 0 Å². The van der Waals surface area contributed by atoms with E-state index in [0.29, 0.717) is 11.3 Å². The van der Waals surface area contributed by atoms with E-state index in [1.54, 1.807) is 23.9 Å². The van der Waals surface area contributed by atoms with Crippen LogP contribution < -0.4 is 10.1 Å². The molecule has 0 saturated heterocycles. The molecule has 1 atom stereocenters. The largest absolute Gasteiger partial charge is 0.497 e. The van der Waals surface area contributed by atoms with Gasteiger partial charge in [0.05, 0.1) is 13.3 Å². The first kappa shape index (κ1) is 15.5. The normalized spacial score (nSPS) is 12.4. The number of aromatic nitrogens is 2. The Bertz CT molecular complexity index is 583. The molecule has 1 N–H and O–H groups in total. The molecule has 0 amide bonds. The van der Waals surface area contributed by atoms with E-state index in [9.17, 15) is 4.39 Å². The molecule has 0 spiro atoms. The number of ether oxygens (including phenoxy) is 1. The van der Waals surface area contributed by atoms with Crippen molar-refractivity contribution in [3.63, 3.8) is 0 Å². The molecule has 0 aliphatic carbocycles. The second kappa shape index (κ2) is 7.22. The predicted octanol–water partition coefficient (Wildman–Crippen LogP) is 2.85. The minimum Gasteiger partial charge on any atom is -0.497 e. The molecule has 2 rings (SSSR count). The van der Waals surface area contributed by atoms with Gasteiger partial charge in [-0.05, 0) is 31.0 Å². The van der Waals surface area contributed by atoms with Crippen molar-refractivity contribution in [2.75, 3.05) is 13.7 Å². The quantitative estimate of drug-likeness (QED) is 0.852. The fraction of sp³-hybridized carbons (Fsp3) is 0.438. The van der Waals surface area contributed by atoms with Crippen LogP contribution >= 0.6 is 0 Å². The lowest BCUT2D eigenvalue weighted by atomic mass is 9.99. The summed E-state index contributed by atoms with van der Waals surface area (Å²) in [5.74, 6) is 0.310. The molecular formula is C16H22FN3O. The Morgan fingerprint density at radius 1 is 1.43 bits per heavy atom. The Morgan fingerprint density at radius 3 is 2.81 bits per heavy atom. The van der Waals surface area contributed by atoms with Crippen LogP contribution in [0.15, 0.2) is 30.6 Å². The van der Waals surface area contributed by atoms with Gasteiger partial charge in [0.15, 0.2) is 0 Å². The van der Waals surface area contributed by atoms with Crippen LogP contribution in [0.2, 0.25) is 0 Å². The average Bonchev–Trinajstić information content (AvgIpc) is 2.89. The number of halogens is 1. The monoisotopic (exact) mass is 291 g/mol. The molecule has 0 saturated carbocycles. The number of rotatable bonds is 7. The number of benzene rings is 1. The fourth-order valence-corrected chi connectivity index (χ4v) is 2.44. The van der Waals surface area contributed by atoms with Gasteiger partial charge in [0.25, 0.3) is 0 Å². The first-order valence-corrected chi connectivity index (χ1v) is 7.18. The van der Waals surface area contributed by atoms with Crippen molar-refractivity contribution in [3.05, 3.63) is 47.5 Å². The van der Waals surface area contributed by atoms with Crippen LogP contribution in [0.5, 0.6) is 5.75 Å². The zero-order valence-electron chi connectivity index (χ0n) is 12.8. The molecule has 5 heteroatoms. The summed E-state index contributed by atoms with van der Waals surface area (Å²) in [7, 11) is 3.44. The van der Waals surface area contributed by atoms with Gasteiger partial charge in [0.2, 0.25) is 0 Å². The van der Waals surface area contributed by atoms with Crippen LogP contribution in [-0.4, -0.2) is 23.4 Å². The summed E-state index contributed by atoms with van der Waals surface area (Å²) in [4.78, 5) is 0. The number of aryl methyl sites for hydroxylation is 2. The van der Waals surface area contributed by atoms with E-state index in [2.05, 4.69) is 10.4 Å². The van der Waals surface area contributed by atoms with Gasteiger partial charge in [0, 0.05) is 30.9 Å². The first-order chi connectivity index (χ1) is 10.1. The summed E-state index contributed by atoms with van der Waals surface area (Å²) >= 11 is 0. The number of nitrogens with zero attached hydrogens (tertiary/aromatic N) is 2. The minimum atomic E-state index is -0.230. The van der Waals surface area contributed by atoms with Gasteiger partial charge in [-0.3, -0.25) is 4.68 Å². The molecule has 0 radical (unpaired) electrons. The third kappa shape index (κ3) is 4.04. The van der Waals surface area contributed by atoms with Gasteiger partial charge < -0.3 is 10.1 Å². The third-order valence-corrected chi connectivity index (χ3v) is 3.51. The molecule has 0 bridgehead atoms. The predicted molar refractivity (Wildman–Crippen MR) is 80.9 cm³/mol. The number of nitrogens with one attached hydrogen (secondary N) is 1. The van der Waals surface area contributed by atoms with Crippen molar-refractivity contribution in [2.45, 2.75) is 25.8 Å². The summed E-state index contributed by atoms with van der Waals surface area (Å²) in [6.45, 7) is 2.82. The van der Waals surface area contributed by atoms with Crippen LogP contribution in [0.4, 0.5) is 4.39 Å². The van der Waals surface area contributed by atoms with Crippen molar-refractivity contribution in [3.8, 4) is 5.75 Å². The zero-order chi connectivity index (χ0) is 15.2. The molecule has 4 nitrogen and oxygen atoms in total. The van der Waals surface area contributed by atoms with Crippen LogP contribution in [-0.2, 0) is 13.5 Å². The van der Waals surface area contributed by atoms with Gasteiger partial charge in [-0.2, -0.15) is 5.10 Å². The highest BCUT2D eigenvalue weighted by molar-refractivity contribution is 5.31. The molecule has 1 aromatic carbocycles. The summed E-state index contributed by atoms with van der Waals surface area (Å²) < 4.78 is 21.0. The Hall–Kier alpha value is -1.88. The van der Waals surface area contributed by atoms with Gasteiger partial charge in [0.1, 0.15) is 11.6 Å². The minimum absolute atomic E-state index is 0.0129. The maximum Gasteiger partial charge on any atom is 0.131 e. The topological polar surface area (TPSA) is 39.1 Å².